The van der Waals surface area contributed by atoms with Crippen LogP contribution in [0.15, 0.2) is 12.2 Å². The first-order valence-corrected chi connectivity index (χ1v) is 6.11. The summed E-state index contributed by atoms with van der Waals surface area (Å²) in [5, 5.41) is 10.4. The molecule has 0 heterocycles. The van der Waals surface area contributed by atoms with Crippen molar-refractivity contribution in [2.75, 3.05) is 0 Å². The zero-order valence-electron chi connectivity index (χ0n) is 8.84. The summed E-state index contributed by atoms with van der Waals surface area (Å²) in [5.74, 6) is 1.46. The van der Waals surface area contributed by atoms with Crippen molar-refractivity contribution in [2.24, 2.45) is 17.3 Å². The van der Waals surface area contributed by atoms with Crippen molar-refractivity contribution in [1.29, 1.82) is 0 Å². The lowest BCUT2D eigenvalue weighted by Gasteiger charge is -2.58. The van der Waals surface area contributed by atoms with Crippen LogP contribution in [-0.2, 0) is 0 Å². The number of hydrogen-bond donors (Lipinski definition) is 1. The minimum absolute atomic E-state index is 0.166. The minimum Gasteiger partial charge on any atom is -0.388 e. The molecule has 4 saturated carbocycles. The molecule has 1 heteroatoms. The number of fused-ring (bicyclic) bond motifs is 2. The van der Waals surface area contributed by atoms with Gasteiger partial charge in [0.1, 0.15) is 0 Å². The molecular weight excluding hydrogens is 172 g/mol. The molecule has 1 spiro atoms. The predicted molar refractivity (Wildman–Crippen MR) is 56.9 cm³/mol. The smallest absolute Gasteiger partial charge is 0.0809 e. The van der Waals surface area contributed by atoms with Crippen LogP contribution in [0.5, 0.6) is 0 Å². The Morgan fingerprint density at radius 3 is 2.93 bits per heavy atom. The Labute approximate surface area is 86.2 Å². The third-order valence-electron chi connectivity index (χ3n) is 5.21. The van der Waals surface area contributed by atoms with E-state index in [4.69, 9.17) is 0 Å². The maximum Gasteiger partial charge on any atom is 0.0809 e. The lowest BCUT2D eigenvalue weighted by atomic mass is 9.48. The predicted octanol–water partition coefficient (Wildman–Crippen LogP) is 2.89. The molecule has 78 valence electrons. The molecule has 4 fully saturated rings. The Balaban J connectivity index is 1.99. The van der Waals surface area contributed by atoms with Crippen LogP contribution in [0.3, 0.4) is 0 Å². The first kappa shape index (κ1) is 8.96. The second-order valence-corrected chi connectivity index (χ2v) is 5.62. The average molecular weight is 192 g/mol. The lowest BCUT2D eigenvalue weighted by molar-refractivity contribution is -0.0990. The van der Waals surface area contributed by atoms with Gasteiger partial charge in [0.15, 0.2) is 0 Å². The van der Waals surface area contributed by atoms with Gasteiger partial charge in [-0.1, -0.05) is 19.4 Å². The van der Waals surface area contributed by atoms with E-state index in [2.05, 4.69) is 6.58 Å². The molecule has 0 aromatic rings. The molecule has 1 N–H and O–H groups in total. The van der Waals surface area contributed by atoms with E-state index in [1.54, 1.807) is 0 Å². The van der Waals surface area contributed by atoms with Gasteiger partial charge < -0.3 is 5.11 Å². The molecule has 4 aliphatic carbocycles. The van der Waals surface area contributed by atoms with Gasteiger partial charge in [0.2, 0.25) is 0 Å². The Kier molecular flexibility index (Phi) is 1.82. The van der Waals surface area contributed by atoms with Crippen molar-refractivity contribution in [2.45, 2.75) is 51.0 Å². The van der Waals surface area contributed by atoms with Crippen LogP contribution < -0.4 is 0 Å². The molecule has 4 aliphatic rings. The number of hydrogen-bond acceptors (Lipinski definition) is 1. The molecule has 0 radical (unpaired) electrons. The molecular formula is C13H20O. The Hall–Kier alpha value is -0.300. The van der Waals surface area contributed by atoms with E-state index in [-0.39, 0.29) is 11.5 Å². The van der Waals surface area contributed by atoms with Gasteiger partial charge in [-0.25, -0.2) is 0 Å². The van der Waals surface area contributed by atoms with E-state index >= 15 is 0 Å². The second kappa shape index (κ2) is 2.85. The average Bonchev–Trinajstić information content (AvgIpc) is 2.24. The molecule has 2 unspecified atom stereocenters. The highest BCUT2D eigenvalue weighted by atomic mass is 16.3. The van der Waals surface area contributed by atoms with Gasteiger partial charge in [0.05, 0.1) is 6.10 Å². The largest absolute Gasteiger partial charge is 0.388 e. The molecule has 0 aliphatic heterocycles. The van der Waals surface area contributed by atoms with Gasteiger partial charge in [0.25, 0.3) is 0 Å². The Bertz CT molecular complexity index is 266. The van der Waals surface area contributed by atoms with E-state index < -0.39 is 0 Å². The fourth-order valence-electron chi connectivity index (χ4n) is 4.35. The molecule has 0 aromatic heterocycles. The van der Waals surface area contributed by atoms with Crippen LogP contribution in [0, 0.1) is 17.3 Å². The summed E-state index contributed by atoms with van der Waals surface area (Å²) < 4.78 is 0. The lowest BCUT2D eigenvalue weighted by Crippen LogP contribution is -2.54. The molecule has 2 bridgehead atoms. The normalized spacial score (nSPS) is 51.8. The van der Waals surface area contributed by atoms with Gasteiger partial charge in [-0.05, 0) is 49.5 Å². The zero-order valence-corrected chi connectivity index (χ0v) is 8.84. The SMILES string of the molecule is C=C1C(O)[C@@]23CCCCC2C[C@@H]1CC3. The third kappa shape index (κ3) is 0.942. The summed E-state index contributed by atoms with van der Waals surface area (Å²) in [5.41, 5.74) is 1.43. The van der Waals surface area contributed by atoms with Crippen LogP contribution in [0.1, 0.15) is 44.9 Å². The molecule has 1 nitrogen and oxygen atoms in total. The second-order valence-electron chi connectivity index (χ2n) is 5.62. The van der Waals surface area contributed by atoms with E-state index in [1.807, 2.05) is 0 Å². The van der Waals surface area contributed by atoms with Crippen LogP contribution in [-0.4, -0.2) is 11.2 Å². The Morgan fingerprint density at radius 2 is 2.07 bits per heavy atom. The minimum atomic E-state index is -0.166. The third-order valence-corrected chi connectivity index (χ3v) is 5.21. The monoisotopic (exact) mass is 192 g/mol. The van der Waals surface area contributed by atoms with Crippen molar-refractivity contribution in [1.82, 2.24) is 0 Å². The first-order valence-electron chi connectivity index (χ1n) is 6.11. The van der Waals surface area contributed by atoms with Crippen molar-refractivity contribution in [3.63, 3.8) is 0 Å². The van der Waals surface area contributed by atoms with Gasteiger partial charge in [-0.15, -0.1) is 0 Å². The molecule has 4 atom stereocenters. The molecule has 4 rings (SSSR count). The standard InChI is InChI=1S/C13H20O/c1-9-10-5-7-13(12(9)14)6-3-2-4-11(13)8-10/h10-12,14H,1-8H2/t10-,11?,12?,13+/m0/s1. The Morgan fingerprint density at radius 1 is 1.21 bits per heavy atom. The van der Waals surface area contributed by atoms with Crippen molar-refractivity contribution < 1.29 is 5.11 Å². The van der Waals surface area contributed by atoms with Crippen molar-refractivity contribution in [3.05, 3.63) is 12.2 Å². The highest BCUT2D eigenvalue weighted by Gasteiger charge is 2.55. The number of aliphatic hydroxyl groups excluding tert-OH is 1. The van der Waals surface area contributed by atoms with E-state index in [1.165, 1.54) is 44.9 Å². The maximum atomic E-state index is 10.4. The van der Waals surface area contributed by atoms with Crippen LogP contribution in [0.25, 0.3) is 0 Å². The van der Waals surface area contributed by atoms with E-state index in [9.17, 15) is 5.11 Å². The van der Waals surface area contributed by atoms with Crippen LogP contribution in [0.2, 0.25) is 0 Å². The number of rotatable bonds is 0. The summed E-state index contributed by atoms with van der Waals surface area (Å²) in [6.07, 6.45) is 9.06. The summed E-state index contributed by atoms with van der Waals surface area (Å²) >= 11 is 0. The van der Waals surface area contributed by atoms with Gasteiger partial charge in [-0.2, -0.15) is 0 Å². The van der Waals surface area contributed by atoms with Gasteiger partial charge in [-0.3, -0.25) is 0 Å². The quantitative estimate of drug-likeness (QED) is 0.585. The molecule has 0 aromatic carbocycles. The fraction of sp³-hybridized carbons (Fsp3) is 0.846. The highest BCUT2D eigenvalue weighted by Crippen LogP contribution is 2.61. The van der Waals surface area contributed by atoms with Crippen molar-refractivity contribution in [3.8, 4) is 0 Å². The van der Waals surface area contributed by atoms with Gasteiger partial charge >= 0.3 is 0 Å². The van der Waals surface area contributed by atoms with Crippen LogP contribution in [0.4, 0.5) is 0 Å². The fourth-order valence-corrected chi connectivity index (χ4v) is 4.35. The zero-order chi connectivity index (χ0) is 9.76. The molecule has 14 heavy (non-hydrogen) atoms. The number of aliphatic hydroxyl groups is 1. The van der Waals surface area contributed by atoms with E-state index in [0.29, 0.717) is 5.92 Å². The first-order chi connectivity index (χ1) is 6.74. The summed E-state index contributed by atoms with van der Waals surface area (Å²) in [6.45, 7) is 4.11. The van der Waals surface area contributed by atoms with Crippen LogP contribution >= 0.6 is 0 Å². The van der Waals surface area contributed by atoms with Gasteiger partial charge in [0, 0.05) is 5.41 Å². The summed E-state index contributed by atoms with van der Waals surface area (Å²) in [6, 6.07) is 0. The molecule has 0 saturated heterocycles. The molecule has 0 amide bonds. The van der Waals surface area contributed by atoms with Crippen molar-refractivity contribution >= 4 is 0 Å². The topological polar surface area (TPSA) is 20.2 Å². The highest BCUT2D eigenvalue weighted by molar-refractivity contribution is 5.22. The van der Waals surface area contributed by atoms with E-state index in [0.717, 1.165) is 11.5 Å². The maximum absolute atomic E-state index is 10.4. The summed E-state index contributed by atoms with van der Waals surface area (Å²) in [7, 11) is 0. The summed E-state index contributed by atoms with van der Waals surface area (Å²) in [4.78, 5) is 0.